The van der Waals surface area contributed by atoms with Gasteiger partial charge in [0, 0.05) is 23.6 Å². The molecule has 0 radical (unpaired) electrons. The number of ether oxygens (including phenoxy) is 1. The number of anilines is 2. The van der Waals surface area contributed by atoms with E-state index in [2.05, 4.69) is 0 Å². The molecule has 2 heterocycles. The van der Waals surface area contributed by atoms with Crippen LogP contribution < -0.4 is 14.5 Å². The van der Waals surface area contributed by atoms with Crippen LogP contribution >= 0.6 is 23.2 Å². The Balaban J connectivity index is 1.42. The molecular weight excluding hydrogens is 732 g/mol. The first-order chi connectivity index (χ1) is 24.0. The molecule has 3 aromatic carbocycles. The molecule has 51 heavy (non-hydrogen) atoms. The van der Waals surface area contributed by atoms with E-state index in [1.807, 2.05) is 0 Å². The number of fused-ring (bicyclic) bond motifs is 4. The van der Waals surface area contributed by atoms with Gasteiger partial charge in [-0.3, -0.25) is 34.2 Å². The number of nitrogens with zero attached hydrogens (tertiary/aromatic N) is 3. The van der Waals surface area contributed by atoms with Crippen molar-refractivity contribution in [1.29, 1.82) is 0 Å². The van der Waals surface area contributed by atoms with Gasteiger partial charge in [-0.25, -0.2) is 26.9 Å². The summed E-state index contributed by atoms with van der Waals surface area (Å²) in [5, 5.41) is 22.3. The molecule has 0 spiro atoms. The minimum absolute atomic E-state index is 0.0127. The molecule has 264 valence electrons. The normalized spacial score (nSPS) is 28.4. The summed E-state index contributed by atoms with van der Waals surface area (Å²) in [5.41, 5.74) is -2.37. The van der Waals surface area contributed by atoms with Gasteiger partial charge in [-0.05, 0) is 49.1 Å². The zero-order chi connectivity index (χ0) is 37.1. The van der Waals surface area contributed by atoms with Crippen molar-refractivity contribution in [2.45, 2.75) is 28.5 Å². The molecule has 0 aromatic heterocycles. The second-order valence-electron chi connectivity index (χ2n) is 12.4. The fourth-order valence-corrected chi connectivity index (χ4v) is 8.71. The first-order valence-electron chi connectivity index (χ1n) is 15.0. The van der Waals surface area contributed by atoms with Crippen molar-refractivity contribution in [3.63, 3.8) is 0 Å². The number of carbonyl (C=O) groups excluding carboxylic acids is 4. The lowest BCUT2D eigenvalue weighted by atomic mass is 9.56. The maximum atomic E-state index is 15.2. The van der Waals surface area contributed by atoms with E-state index >= 15 is 8.78 Å². The summed E-state index contributed by atoms with van der Waals surface area (Å²) in [5.74, 6) is -23.3. The molecule has 3 fully saturated rings. The molecule has 2 aliphatic heterocycles. The first-order valence-corrected chi connectivity index (χ1v) is 15.7. The molecule has 1 N–H and O–H groups in total. The highest BCUT2D eigenvalue weighted by atomic mass is 35.5. The average Bonchev–Trinajstić information content (AvgIpc) is 3.45. The number of nitro benzene ring substituents is 1. The summed E-state index contributed by atoms with van der Waals surface area (Å²) in [6.45, 7) is 0. The number of phenols is 1. The number of phenolic OH excluding ortho intramolecular Hbond substituents is 1. The minimum atomic E-state index is -2.84. The van der Waals surface area contributed by atoms with Gasteiger partial charge in [0.25, 0.3) is 17.5 Å². The number of hydrogen-bond acceptors (Lipinski definition) is 8. The topological polar surface area (TPSA) is 147 Å². The van der Waals surface area contributed by atoms with Gasteiger partial charge >= 0.3 is 0 Å². The zero-order valence-electron chi connectivity index (χ0n) is 25.6. The van der Waals surface area contributed by atoms with Crippen LogP contribution in [0.5, 0.6) is 11.5 Å². The zero-order valence-corrected chi connectivity index (χ0v) is 27.1. The number of methoxy groups -OCH3 is 1. The number of halogens is 7. The molecule has 6 unspecified atom stereocenters. The van der Waals surface area contributed by atoms with E-state index < -0.39 is 109 Å². The molecule has 4 amide bonds. The lowest BCUT2D eigenvalue weighted by Crippen LogP contribution is -2.60. The number of alkyl halides is 2. The minimum Gasteiger partial charge on any atom is -0.508 e. The van der Waals surface area contributed by atoms with Gasteiger partial charge in [-0.1, -0.05) is 11.6 Å². The number of amides is 4. The second kappa shape index (κ2) is 11.5. The monoisotopic (exact) mass is 751 g/mol. The fourth-order valence-electron chi connectivity index (χ4n) is 7.78. The van der Waals surface area contributed by atoms with Gasteiger partial charge in [0.05, 0.1) is 29.6 Å². The van der Waals surface area contributed by atoms with Crippen molar-refractivity contribution in [2.24, 2.45) is 17.8 Å². The molecule has 0 bridgehead atoms. The molecule has 18 heteroatoms. The van der Waals surface area contributed by atoms with E-state index in [0.717, 1.165) is 23.1 Å². The number of hydrogen-bond donors (Lipinski definition) is 1. The number of rotatable bonds is 5. The van der Waals surface area contributed by atoms with Crippen LogP contribution in [0.3, 0.4) is 0 Å². The molecule has 11 nitrogen and oxygen atoms in total. The number of non-ortho nitro benzene ring substituents is 1. The third-order valence-electron chi connectivity index (χ3n) is 10.1. The van der Waals surface area contributed by atoms with Crippen LogP contribution in [0.4, 0.5) is 39.0 Å². The smallest absolute Gasteiger partial charge is 0.269 e. The van der Waals surface area contributed by atoms with E-state index in [0.29, 0.717) is 0 Å². The van der Waals surface area contributed by atoms with Crippen LogP contribution in [0.2, 0.25) is 0 Å². The highest BCUT2D eigenvalue weighted by Gasteiger charge is 2.77. The van der Waals surface area contributed by atoms with Gasteiger partial charge in [-0.15, -0.1) is 23.2 Å². The van der Waals surface area contributed by atoms with Crippen molar-refractivity contribution in [3.8, 4) is 11.5 Å². The Kier molecular flexibility index (Phi) is 7.72. The molecule has 6 atom stereocenters. The first kappa shape index (κ1) is 34.4. The maximum absolute atomic E-state index is 15.2. The van der Waals surface area contributed by atoms with Crippen LogP contribution in [0, 0.1) is 57.0 Å². The Labute approximate surface area is 292 Å². The van der Waals surface area contributed by atoms with Crippen LogP contribution in [-0.2, 0) is 19.2 Å². The summed E-state index contributed by atoms with van der Waals surface area (Å²) >= 11 is 14.1. The molecule has 3 aromatic rings. The molecule has 7 rings (SSSR count). The van der Waals surface area contributed by atoms with E-state index in [-0.39, 0.29) is 39.6 Å². The van der Waals surface area contributed by atoms with Crippen molar-refractivity contribution in [3.05, 3.63) is 98.9 Å². The SMILES string of the molecule is COc1ccc(O)c(C2C3=CCC4C(=O)N(c5ccc([N+](=O)[O-])cc5)C(=O)C4C3CC3(Cl)C(=O)N(c4c(F)c(F)c(F)c(F)c4F)C(=O)C23Cl)c1. The average molecular weight is 752 g/mol. The molecule has 4 aliphatic rings. The van der Waals surface area contributed by atoms with Crippen LogP contribution in [-0.4, -0.2) is 50.5 Å². The van der Waals surface area contributed by atoms with Gasteiger partial charge in [-0.2, -0.15) is 0 Å². The molecular formula is C33H20Cl2F5N3O8. The van der Waals surface area contributed by atoms with Crippen LogP contribution in [0.25, 0.3) is 0 Å². The number of carbonyl (C=O) groups is 4. The largest absolute Gasteiger partial charge is 0.508 e. The number of aromatic hydroxyl groups is 1. The summed E-state index contributed by atoms with van der Waals surface area (Å²) in [7, 11) is 1.26. The van der Waals surface area contributed by atoms with Gasteiger partial charge in [0.2, 0.25) is 17.6 Å². The molecule has 1 saturated carbocycles. The van der Waals surface area contributed by atoms with E-state index in [9.17, 15) is 47.6 Å². The Hall–Kier alpha value is -5.09. The third kappa shape index (κ3) is 4.41. The van der Waals surface area contributed by atoms with Crippen molar-refractivity contribution in [2.75, 3.05) is 16.9 Å². The van der Waals surface area contributed by atoms with Crippen molar-refractivity contribution < 1.29 is 55.9 Å². The van der Waals surface area contributed by atoms with E-state index in [1.54, 1.807) is 0 Å². The standard InChI is InChI=1S/C33H20Cl2F5N3O8/c1-51-14-6-9-19(44)17(10-14)21-15-7-8-16-20(29(46)41(28(16)45)12-2-4-13(5-3-12)43(49)50)18(15)11-32(34)30(47)42(31(48)33(21,32)35)27-25(39)23(37)22(36)24(38)26(27)40/h2-7,9-10,16,18,20-21,44H,8,11H2,1H3. The maximum Gasteiger partial charge on any atom is 0.269 e. The summed E-state index contributed by atoms with van der Waals surface area (Å²) < 4.78 is 78.5. The highest BCUT2D eigenvalue weighted by Crippen LogP contribution is 2.67. The van der Waals surface area contributed by atoms with Gasteiger partial charge in [0.1, 0.15) is 17.2 Å². The van der Waals surface area contributed by atoms with Crippen molar-refractivity contribution >= 4 is 63.9 Å². The Bertz CT molecular complexity index is 2140. The number of allylic oxidation sites excluding steroid dienone is 2. The van der Waals surface area contributed by atoms with Gasteiger partial charge < -0.3 is 9.84 Å². The quantitative estimate of drug-likeness (QED) is 0.0505. The Morgan fingerprint density at radius 1 is 0.863 bits per heavy atom. The number of nitro groups is 1. The van der Waals surface area contributed by atoms with Crippen molar-refractivity contribution in [1.82, 2.24) is 0 Å². The van der Waals surface area contributed by atoms with Gasteiger partial charge in [0.15, 0.2) is 33.0 Å². The number of benzene rings is 3. The summed E-state index contributed by atoms with van der Waals surface area (Å²) in [6, 6.07) is 8.22. The third-order valence-corrected chi connectivity index (χ3v) is 11.5. The lowest BCUT2D eigenvalue weighted by Gasteiger charge is -2.50. The molecule has 2 saturated heterocycles. The predicted molar refractivity (Wildman–Crippen MR) is 167 cm³/mol. The molecule has 2 aliphatic carbocycles. The second-order valence-corrected chi connectivity index (χ2v) is 13.6. The fraction of sp³-hybridized carbons (Fsp3) is 0.273. The predicted octanol–water partition coefficient (Wildman–Crippen LogP) is 5.77. The summed E-state index contributed by atoms with van der Waals surface area (Å²) in [6.07, 6.45) is 0.548. The van der Waals surface area contributed by atoms with Crippen LogP contribution in [0.1, 0.15) is 24.3 Å². The van der Waals surface area contributed by atoms with E-state index in [4.69, 9.17) is 27.9 Å². The highest BCUT2D eigenvalue weighted by molar-refractivity contribution is 6.58. The summed E-state index contributed by atoms with van der Waals surface area (Å²) in [4.78, 5) is 61.9. The number of imide groups is 2. The Morgan fingerprint density at radius 3 is 2.06 bits per heavy atom. The van der Waals surface area contributed by atoms with Crippen LogP contribution in [0.15, 0.2) is 54.1 Å². The van der Waals surface area contributed by atoms with E-state index in [1.165, 1.54) is 37.5 Å². The Morgan fingerprint density at radius 2 is 1.47 bits per heavy atom. The lowest BCUT2D eigenvalue weighted by molar-refractivity contribution is -0.384.